The molecule has 182 valence electrons. The van der Waals surface area contributed by atoms with Crippen LogP contribution in [-0.4, -0.2) is 37.4 Å². The molecule has 0 bridgehead atoms. The van der Waals surface area contributed by atoms with Gasteiger partial charge in [-0.05, 0) is 59.7 Å². The standard InChI is InChI=1S/C26H29N5O3S/c1-17(19-4-2-5-20(12-19)24-6-3-11-35-24)29-26(34)23-13-21(30-22-14-27-15-22)9-7-18(23)8-10-25(33)31-28-16-32/h2-7,9,11-13,16-17,22,27,30H,8,10,14-15H2,1H3,(H,28,32)(H,29,34)(H,31,33). The van der Waals surface area contributed by atoms with Crippen molar-refractivity contribution in [2.24, 2.45) is 0 Å². The molecule has 4 rings (SSSR count). The molecule has 1 aromatic heterocycles. The molecule has 2 aromatic carbocycles. The van der Waals surface area contributed by atoms with E-state index in [0.717, 1.165) is 35.5 Å². The average molecular weight is 492 g/mol. The maximum atomic E-state index is 13.4. The zero-order valence-corrected chi connectivity index (χ0v) is 20.3. The molecule has 9 heteroatoms. The Bertz CT molecular complexity index is 1180. The van der Waals surface area contributed by atoms with Gasteiger partial charge in [-0.1, -0.05) is 30.3 Å². The molecule has 0 aliphatic carbocycles. The first kappa shape index (κ1) is 24.4. The second kappa shape index (κ2) is 11.6. The highest BCUT2D eigenvalue weighted by Gasteiger charge is 2.20. The van der Waals surface area contributed by atoms with Gasteiger partial charge in [0.15, 0.2) is 0 Å². The SMILES string of the molecule is CC(NC(=O)c1cc(NC2CNC2)ccc1CCC(=O)NNC=O)c1cccc(-c2cccs2)c1. The van der Waals surface area contributed by atoms with Gasteiger partial charge in [0, 0.05) is 35.6 Å². The number of carbonyl (C=O) groups excluding carboxylic acids is 3. The Morgan fingerprint density at radius 3 is 2.71 bits per heavy atom. The molecular weight excluding hydrogens is 462 g/mol. The number of hydrazine groups is 1. The lowest BCUT2D eigenvalue weighted by Gasteiger charge is -2.29. The van der Waals surface area contributed by atoms with Crippen LogP contribution >= 0.6 is 11.3 Å². The van der Waals surface area contributed by atoms with Gasteiger partial charge in [-0.2, -0.15) is 0 Å². The summed E-state index contributed by atoms with van der Waals surface area (Å²) in [4.78, 5) is 36.9. The minimum atomic E-state index is -0.329. The first-order chi connectivity index (χ1) is 17.0. The minimum Gasteiger partial charge on any atom is -0.380 e. The van der Waals surface area contributed by atoms with Crippen LogP contribution in [0.2, 0.25) is 0 Å². The zero-order chi connectivity index (χ0) is 24.6. The van der Waals surface area contributed by atoms with Crippen molar-refractivity contribution in [2.75, 3.05) is 18.4 Å². The van der Waals surface area contributed by atoms with Crippen molar-refractivity contribution in [2.45, 2.75) is 31.8 Å². The molecule has 0 spiro atoms. The molecule has 1 saturated heterocycles. The molecule has 3 amide bonds. The first-order valence-corrected chi connectivity index (χ1v) is 12.4. The first-order valence-electron chi connectivity index (χ1n) is 11.6. The topological polar surface area (TPSA) is 111 Å². The van der Waals surface area contributed by atoms with Crippen LogP contribution in [0, 0.1) is 0 Å². The molecule has 5 N–H and O–H groups in total. The van der Waals surface area contributed by atoms with Gasteiger partial charge in [-0.3, -0.25) is 25.2 Å². The Kier molecular flexibility index (Phi) is 8.12. The molecular formula is C26H29N5O3S. The van der Waals surface area contributed by atoms with Gasteiger partial charge in [0.25, 0.3) is 5.91 Å². The molecule has 8 nitrogen and oxygen atoms in total. The minimum absolute atomic E-state index is 0.138. The molecule has 2 heterocycles. The fraction of sp³-hybridized carbons (Fsp3) is 0.269. The molecule has 35 heavy (non-hydrogen) atoms. The van der Waals surface area contributed by atoms with E-state index in [-0.39, 0.29) is 24.3 Å². The average Bonchev–Trinajstić information content (AvgIpc) is 3.39. The largest absolute Gasteiger partial charge is 0.380 e. The summed E-state index contributed by atoms with van der Waals surface area (Å²) in [6.45, 7) is 3.72. The van der Waals surface area contributed by atoms with E-state index in [0.29, 0.717) is 24.4 Å². The van der Waals surface area contributed by atoms with E-state index in [1.165, 1.54) is 4.88 Å². The number of hydrogen-bond donors (Lipinski definition) is 5. The fourth-order valence-electron chi connectivity index (χ4n) is 3.90. The van der Waals surface area contributed by atoms with E-state index >= 15 is 0 Å². The highest BCUT2D eigenvalue weighted by atomic mass is 32.1. The zero-order valence-electron chi connectivity index (χ0n) is 19.5. The van der Waals surface area contributed by atoms with Gasteiger partial charge >= 0.3 is 0 Å². The van der Waals surface area contributed by atoms with Crippen molar-refractivity contribution in [1.82, 2.24) is 21.5 Å². The maximum Gasteiger partial charge on any atom is 0.252 e. The van der Waals surface area contributed by atoms with Crippen LogP contribution < -0.4 is 26.8 Å². The Balaban J connectivity index is 1.50. The normalized spacial score (nSPS) is 13.9. The third kappa shape index (κ3) is 6.46. The lowest BCUT2D eigenvalue weighted by molar-refractivity contribution is -0.124. The van der Waals surface area contributed by atoms with Crippen molar-refractivity contribution in [3.05, 3.63) is 76.7 Å². The van der Waals surface area contributed by atoms with Gasteiger partial charge in [0.1, 0.15) is 0 Å². The second-order valence-corrected chi connectivity index (χ2v) is 9.43. The van der Waals surface area contributed by atoms with Gasteiger partial charge in [0.05, 0.1) is 12.1 Å². The number of aryl methyl sites for hydroxylation is 1. The summed E-state index contributed by atoms with van der Waals surface area (Å²) in [5, 5.41) is 11.8. The van der Waals surface area contributed by atoms with E-state index in [1.807, 2.05) is 48.7 Å². The summed E-state index contributed by atoms with van der Waals surface area (Å²) in [6, 6.07) is 18.1. The van der Waals surface area contributed by atoms with Crippen LogP contribution in [-0.2, 0) is 16.0 Å². The number of thiophene rings is 1. The summed E-state index contributed by atoms with van der Waals surface area (Å²) in [6.07, 6.45) is 0.906. The van der Waals surface area contributed by atoms with Crippen molar-refractivity contribution in [3.8, 4) is 10.4 Å². The van der Waals surface area contributed by atoms with Crippen molar-refractivity contribution in [3.63, 3.8) is 0 Å². The van der Waals surface area contributed by atoms with Crippen LogP contribution in [0.5, 0.6) is 0 Å². The highest BCUT2D eigenvalue weighted by molar-refractivity contribution is 7.13. The third-order valence-corrected chi connectivity index (χ3v) is 6.86. The fourth-order valence-corrected chi connectivity index (χ4v) is 4.63. The summed E-state index contributed by atoms with van der Waals surface area (Å²) >= 11 is 1.68. The number of rotatable bonds is 11. The number of anilines is 1. The Hall–Kier alpha value is -3.69. The predicted octanol–water partition coefficient (Wildman–Crippen LogP) is 3.00. The maximum absolute atomic E-state index is 13.4. The molecule has 1 aliphatic rings. The van der Waals surface area contributed by atoms with Crippen LogP contribution in [0.25, 0.3) is 10.4 Å². The lowest BCUT2D eigenvalue weighted by atomic mass is 9.99. The number of benzene rings is 2. The molecule has 1 fully saturated rings. The van der Waals surface area contributed by atoms with E-state index in [2.05, 4.69) is 45.0 Å². The Morgan fingerprint density at radius 1 is 1.14 bits per heavy atom. The smallest absolute Gasteiger partial charge is 0.252 e. The Morgan fingerprint density at radius 2 is 2.00 bits per heavy atom. The number of nitrogens with one attached hydrogen (secondary N) is 5. The number of amides is 3. The molecule has 0 saturated carbocycles. The van der Waals surface area contributed by atoms with Crippen LogP contribution in [0.15, 0.2) is 60.0 Å². The molecule has 1 unspecified atom stereocenters. The van der Waals surface area contributed by atoms with Gasteiger partial charge in [-0.25, -0.2) is 0 Å². The summed E-state index contributed by atoms with van der Waals surface area (Å²) < 4.78 is 0. The molecule has 3 aromatic rings. The van der Waals surface area contributed by atoms with Crippen LogP contribution in [0.1, 0.15) is 40.9 Å². The second-order valence-electron chi connectivity index (χ2n) is 8.48. The summed E-state index contributed by atoms with van der Waals surface area (Å²) in [5.74, 6) is -0.527. The van der Waals surface area contributed by atoms with E-state index in [9.17, 15) is 14.4 Å². The predicted molar refractivity (Wildman–Crippen MR) is 138 cm³/mol. The lowest BCUT2D eigenvalue weighted by Crippen LogP contribution is -2.51. The quantitative estimate of drug-likeness (QED) is 0.209. The molecule has 0 radical (unpaired) electrons. The molecule has 1 aliphatic heterocycles. The van der Waals surface area contributed by atoms with Gasteiger partial charge in [-0.15, -0.1) is 11.3 Å². The number of hydrogen-bond acceptors (Lipinski definition) is 6. The highest BCUT2D eigenvalue weighted by Crippen LogP contribution is 2.27. The van der Waals surface area contributed by atoms with Gasteiger partial charge in [0.2, 0.25) is 12.3 Å². The Labute approximate surface area is 208 Å². The molecule has 1 atom stereocenters. The van der Waals surface area contributed by atoms with Crippen molar-refractivity contribution >= 4 is 35.2 Å². The van der Waals surface area contributed by atoms with Gasteiger partial charge < -0.3 is 16.0 Å². The van der Waals surface area contributed by atoms with E-state index in [4.69, 9.17) is 0 Å². The monoisotopic (exact) mass is 491 g/mol. The van der Waals surface area contributed by atoms with Crippen molar-refractivity contribution in [1.29, 1.82) is 0 Å². The van der Waals surface area contributed by atoms with E-state index < -0.39 is 0 Å². The third-order valence-electron chi connectivity index (χ3n) is 5.94. The van der Waals surface area contributed by atoms with Crippen molar-refractivity contribution < 1.29 is 14.4 Å². The summed E-state index contributed by atoms with van der Waals surface area (Å²) in [5.41, 5.74) is 8.74. The summed E-state index contributed by atoms with van der Waals surface area (Å²) in [7, 11) is 0. The van der Waals surface area contributed by atoms with Crippen LogP contribution in [0.4, 0.5) is 5.69 Å². The van der Waals surface area contributed by atoms with E-state index in [1.54, 1.807) is 11.3 Å². The number of carbonyl (C=O) groups is 3. The van der Waals surface area contributed by atoms with Crippen LogP contribution in [0.3, 0.4) is 0 Å².